The Morgan fingerprint density at radius 3 is 2.42 bits per heavy atom. The molecule has 0 radical (unpaired) electrons. The average Bonchev–Trinajstić information content (AvgIpc) is 2.37. The molecule has 0 saturated heterocycles. The summed E-state index contributed by atoms with van der Waals surface area (Å²) < 4.78 is 6.98. The van der Waals surface area contributed by atoms with Gasteiger partial charge >= 0.3 is 0 Å². The molecule has 3 nitrogen and oxygen atoms in total. The molecule has 1 heterocycles. The summed E-state index contributed by atoms with van der Waals surface area (Å²) in [6.45, 7) is 7.02. The molecule has 1 aromatic heterocycles. The summed E-state index contributed by atoms with van der Waals surface area (Å²) in [6, 6.07) is 5.97. The van der Waals surface area contributed by atoms with Gasteiger partial charge < -0.3 is 10.1 Å². The predicted molar refractivity (Wildman–Crippen MR) is 82.1 cm³/mol. The zero-order valence-corrected chi connectivity index (χ0v) is 12.9. The number of halogens is 1. The van der Waals surface area contributed by atoms with Crippen LogP contribution in [0.5, 0.6) is 11.5 Å². The van der Waals surface area contributed by atoms with Gasteiger partial charge in [0.25, 0.3) is 0 Å². The third-order valence-electron chi connectivity index (χ3n) is 2.74. The van der Waals surface area contributed by atoms with E-state index in [1.54, 1.807) is 12.4 Å². The molecule has 0 saturated carbocycles. The van der Waals surface area contributed by atoms with Gasteiger partial charge in [0, 0.05) is 17.1 Å². The van der Waals surface area contributed by atoms with Crippen molar-refractivity contribution >= 4 is 21.6 Å². The maximum atomic E-state index is 5.86. The van der Waals surface area contributed by atoms with Crippen LogP contribution in [0.1, 0.15) is 18.1 Å². The van der Waals surface area contributed by atoms with Gasteiger partial charge in [0.15, 0.2) is 0 Å². The number of rotatable bonds is 4. The number of benzene rings is 1. The van der Waals surface area contributed by atoms with E-state index < -0.39 is 0 Å². The van der Waals surface area contributed by atoms with E-state index in [4.69, 9.17) is 4.74 Å². The van der Waals surface area contributed by atoms with Crippen LogP contribution >= 0.6 is 15.9 Å². The summed E-state index contributed by atoms with van der Waals surface area (Å²) in [5.41, 5.74) is 3.28. The first-order valence-corrected chi connectivity index (χ1v) is 7.03. The Morgan fingerprint density at radius 1 is 1.11 bits per heavy atom. The van der Waals surface area contributed by atoms with E-state index >= 15 is 0 Å². The number of ether oxygens (including phenoxy) is 1. The lowest BCUT2D eigenvalue weighted by Crippen LogP contribution is -1.97. The second-order valence-corrected chi connectivity index (χ2v) is 5.21. The van der Waals surface area contributed by atoms with E-state index in [9.17, 15) is 0 Å². The molecular formula is C15H17BrN2O. The summed E-state index contributed by atoms with van der Waals surface area (Å²) in [6.07, 6.45) is 3.50. The summed E-state index contributed by atoms with van der Waals surface area (Å²) in [4.78, 5) is 4.17. The van der Waals surface area contributed by atoms with Gasteiger partial charge in [-0.15, -0.1) is 0 Å². The summed E-state index contributed by atoms with van der Waals surface area (Å²) >= 11 is 3.55. The van der Waals surface area contributed by atoms with Gasteiger partial charge in [0.1, 0.15) is 11.5 Å². The zero-order valence-electron chi connectivity index (χ0n) is 11.3. The first-order valence-electron chi connectivity index (χ1n) is 6.23. The second kappa shape index (κ2) is 6.06. The van der Waals surface area contributed by atoms with Gasteiger partial charge in [-0.1, -0.05) is 15.9 Å². The number of pyridine rings is 1. The van der Waals surface area contributed by atoms with Crippen molar-refractivity contribution in [3.8, 4) is 11.5 Å². The Hall–Kier alpha value is -1.55. The smallest absolute Gasteiger partial charge is 0.147 e. The molecule has 1 aromatic carbocycles. The van der Waals surface area contributed by atoms with Crippen molar-refractivity contribution in [2.45, 2.75) is 20.8 Å². The van der Waals surface area contributed by atoms with Gasteiger partial charge in [-0.05, 0) is 44.0 Å². The number of nitrogens with zero attached hydrogens (tertiary/aromatic N) is 1. The molecule has 0 unspecified atom stereocenters. The van der Waals surface area contributed by atoms with E-state index in [1.165, 1.54) is 0 Å². The fraction of sp³-hybridized carbons (Fsp3) is 0.267. The highest BCUT2D eigenvalue weighted by molar-refractivity contribution is 9.10. The minimum atomic E-state index is 0.736. The van der Waals surface area contributed by atoms with Gasteiger partial charge in [0.2, 0.25) is 0 Å². The van der Waals surface area contributed by atoms with Crippen LogP contribution in [0, 0.1) is 13.8 Å². The van der Waals surface area contributed by atoms with E-state index in [0.717, 1.165) is 39.3 Å². The van der Waals surface area contributed by atoms with Crippen molar-refractivity contribution in [1.29, 1.82) is 0 Å². The second-order valence-electron chi connectivity index (χ2n) is 4.41. The van der Waals surface area contributed by atoms with E-state index in [2.05, 4.69) is 47.0 Å². The van der Waals surface area contributed by atoms with Crippen LogP contribution in [-0.2, 0) is 0 Å². The highest BCUT2D eigenvalue weighted by atomic mass is 79.9. The largest absolute Gasteiger partial charge is 0.456 e. The molecule has 19 heavy (non-hydrogen) atoms. The molecule has 0 aliphatic carbocycles. The minimum absolute atomic E-state index is 0.736. The van der Waals surface area contributed by atoms with Crippen molar-refractivity contribution < 1.29 is 4.74 Å². The molecule has 100 valence electrons. The lowest BCUT2D eigenvalue weighted by atomic mass is 10.1. The van der Waals surface area contributed by atoms with E-state index in [-0.39, 0.29) is 0 Å². The van der Waals surface area contributed by atoms with Crippen LogP contribution in [0.3, 0.4) is 0 Å². The van der Waals surface area contributed by atoms with Crippen molar-refractivity contribution in [2.75, 3.05) is 11.9 Å². The third-order valence-corrected chi connectivity index (χ3v) is 3.99. The SMILES string of the molecule is CCNc1cncc(Oc2cc(C)c(Br)c(C)c2)c1. The average molecular weight is 321 g/mol. The third kappa shape index (κ3) is 3.47. The maximum Gasteiger partial charge on any atom is 0.147 e. The van der Waals surface area contributed by atoms with Gasteiger partial charge in [0.05, 0.1) is 18.1 Å². The molecule has 2 rings (SSSR count). The number of aryl methyl sites for hydroxylation is 2. The molecule has 4 heteroatoms. The number of hydrogen-bond acceptors (Lipinski definition) is 3. The van der Waals surface area contributed by atoms with Crippen LogP contribution in [-0.4, -0.2) is 11.5 Å². The standard InChI is InChI=1S/C15H17BrN2O/c1-4-18-12-7-14(9-17-8-12)19-13-5-10(2)15(16)11(3)6-13/h5-9,18H,4H2,1-3H3. The molecular weight excluding hydrogens is 304 g/mol. The summed E-state index contributed by atoms with van der Waals surface area (Å²) in [5.74, 6) is 1.56. The van der Waals surface area contributed by atoms with Crippen LogP contribution < -0.4 is 10.1 Å². The summed E-state index contributed by atoms with van der Waals surface area (Å²) in [7, 11) is 0. The van der Waals surface area contributed by atoms with Gasteiger partial charge in [-0.25, -0.2) is 0 Å². The van der Waals surface area contributed by atoms with E-state index in [1.807, 2.05) is 18.2 Å². The Balaban J connectivity index is 2.23. The highest BCUT2D eigenvalue weighted by Crippen LogP contribution is 2.29. The zero-order chi connectivity index (χ0) is 13.8. The normalized spacial score (nSPS) is 10.3. The monoisotopic (exact) mass is 320 g/mol. The lowest BCUT2D eigenvalue weighted by molar-refractivity contribution is 0.479. The summed E-state index contributed by atoms with van der Waals surface area (Å²) in [5, 5.41) is 3.22. The van der Waals surface area contributed by atoms with Crippen LogP contribution in [0.25, 0.3) is 0 Å². The van der Waals surface area contributed by atoms with E-state index in [0.29, 0.717) is 0 Å². The van der Waals surface area contributed by atoms with Crippen LogP contribution in [0.2, 0.25) is 0 Å². The Bertz CT molecular complexity index is 561. The molecule has 0 spiro atoms. The number of hydrogen-bond donors (Lipinski definition) is 1. The molecule has 1 N–H and O–H groups in total. The highest BCUT2D eigenvalue weighted by Gasteiger charge is 2.05. The maximum absolute atomic E-state index is 5.86. The fourth-order valence-electron chi connectivity index (χ4n) is 1.88. The van der Waals surface area contributed by atoms with Crippen molar-refractivity contribution in [2.24, 2.45) is 0 Å². The molecule has 0 aliphatic rings. The molecule has 0 amide bonds. The molecule has 0 aliphatic heterocycles. The van der Waals surface area contributed by atoms with Crippen molar-refractivity contribution in [1.82, 2.24) is 4.98 Å². The van der Waals surface area contributed by atoms with Gasteiger partial charge in [-0.2, -0.15) is 0 Å². The molecule has 0 atom stereocenters. The van der Waals surface area contributed by atoms with Crippen molar-refractivity contribution in [3.63, 3.8) is 0 Å². The molecule has 2 aromatic rings. The Labute approximate surface area is 122 Å². The predicted octanol–water partition coefficient (Wildman–Crippen LogP) is 4.69. The minimum Gasteiger partial charge on any atom is -0.456 e. The quantitative estimate of drug-likeness (QED) is 0.887. The number of nitrogens with one attached hydrogen (secondary N) is 1. The first kappa shape index (κ1) is 13.9. The number of aromatic nitrogens is 1. The van der Waals surface area contributed by atoms with Crippen LogP contribution in [0.15, 0.2) is 35.1 Å². The first-order chi connectivity index (χ1) is 9.10. The van der Waals surface area contributed by atoms with Crippen LogP contribution in [0.4, 0.5) is 5.69 Å². The number of anilines is 1. The Kier molecular flexibility index (Phi) is 4.43. The molecule has 0 fully saturated rings. The van der Waals surface area contributed by atoms with Gasteiger partial charge in [-0.3, -0.25) is 4.98 Å². The topological polar surface area (TPSA) is 34.2 Å². The van der Waals surface area contributed by atoms with Crippen molar-refractivity contribution in [3.05, 3.63) is 46.2 Å². The fourth-order valence-corrected chi connectivity index (χ4v) is 2.11. The lowest BCUT2D eigenvalue weighted by Gasteiger charge is -2.10. The molecule has 0 bridgehead atoms. The Morgan fingerprint density at radius 2 is 1.79 bits per heavy atom.